The number of hydrogen-bond acceptors (Lipinski definition) is 3. The van der Waals surface area contributed by atoms with E-state index in [0.717, 1.165) is 6.92 Å². The molecule has 0 radical (unpaired) electrons. The fraction of sp³-hybridized carbons (Fsp3) is 0.211. The predicted molar refractivity (Wildman–Crippen MR) is 93.6 cm³/mol. The number of nitrogens with one attached hydrogen (secondary N) is 1. The first kappa shape index (κ1) is 27.7. The molecular weight excluding hydrogens is 549 g/mol. The van der Waals surface area contributed by atoms with Gasteiger partial charge < -0.3 is 0 Å². The molecule has 2 heterocycles. The minimum absolute atomic E-state index is 0.377. The predicted octanol–water partition coefficient (Wildman–Crippen LogP) is 5.71. The van der Waals surface area contributed by atoms with Crippen LogP contribution in [0.2, 0.25) is 0 Å². The molecule has 0 saturated carbocycles. The molecule has 0 aliphatic rings. The number of halogens is 13. The lowest BCUT2D eigenvalue weighted by Gasteiger charge is -2.15. The highest BCUT2D eigenvalue weighted by Gasteiger charge is 2.44. The van der Waals surface area contributed by atoms with Crippen molar-refractivity contribution in [1.82, 2.24) is 14.8 Å². The molecule has 0 aliphatic carbocycles. The number of aromatic amines is 1. The number of H-pyrrole nitrogens is 1. The number of aryl methyl sites for hydroxylation is 1. The Kier molecular flexibility index (Phi) is 6.46. The van der Waals surface area contributed by atoms with E-state index in [1.54, 1.807) is 5.10 Å². The molecule has 1 N–H and O–H groups in total. The van der Waals surface area contributed by atoms with Crippen LogP contribution in [0.5, 0.6) is 0 Å². The molecule has 2 aromatic heterocycles. The van der Waals surface area contributed by atoms with E-state index in [4.69, 9.17) is 0 Å². The van der Waals surface area contributed by atoms with Gasteiger partial charge in [0.1, 0.15) is 17.1 Å². The Bertz CT molecular complexity index is 1440. The quantitative estimate of drug-likeness (QED) is 0.256. The summed E-state index contributed by atoms with van der Waals surface area (Å²) >= 11 is 0. The number of carbonyl (C=O) groups is 1. The zero-order chi connectivity index (χ0) is 28.4. The second-order valence-corrected chi connectivity index (χ2v) is 7.19. The van der Waals surface area contributed by atoms with Crippen LogP contribution in [0.1, 0.15) is 38.4 Å². The maximum atomic E-state index is 14.4. The number of aromatic nitrogens is 3. The van der Waals surface area contributed by atoms with Gasteiger partial charge in [0.25, 0.3) is 11.5 Å². The summed E-state index contributed by atoms with van der Waals surface area (Å²) in [5, 5.41) is 1.69. The van der Waals surface area contributed by atoms with Gasteiger partial charge in [0, 0.05) is 11.3 Å². The molecule has 3 rings (SSSR count). The van der Waals surface area contributed by atoms with Crippen molar-refractivity contribution in [3.63, 3.8) is 0 Å². The lowest BCUT2D eigenvalue weighted by molar-refractivity contribution is -0.148. The Morgan fingerprint density at radius 1 is 0.811 bits per heavy atom. The summed E-state index contributed by atoms with van der Waals surface area (Å²) in [6.07, 6.45) is -17.2. The largest absolute Gasteiger partial charge is 0.436 e. The number of nitrogens with zero attached hydrogens (tertiary/aromatic N) is 2. The molecule has 0 saturated heterocycles. The van der Waals surface area contributed by atoms with Crippen LogP contribution in [0.3, 0.4) is 0 Å². The standard InChI is InChI=1S/C19H6F13N3O2/c1-4-8(13(36)5-2-6(17(24,25)26)9(20)7(3-5)18(27,28)29)16(37)35(34-4)12-10(21)14(19(30,31)32)33-15(23)11(12)22/h2-3,34H,1H3. The number of benzene rings is 1. The summed E-state index contributed by atoms with van der Waals surface area (Å²) in [7, 11) is 0. The molecule has 0 aliphatic heterocycles. The molecule has 5 nitrogen and oxygen atoms in total. The second-order valence-electron chi connectivity index (χ2n) is 7.19. The van der Waals surface area contributed by atoms with Gasteiger partial charge >= 0.3 is 18.5 Å². The van der Waals surface area contributed by atoms with Gasteiger partial charge in [-0.2, -0.15) is 48.3 Å². The van der Waals surface area contributed by atoms with Gasteiger partial charge in [0.15, 0.2) is 11.5 Å². The third-order valence-electron chi connectivity index (χ3n) is 4.75. The van der Waals surface area contributed by atoms with Crippen molar-refractivity contribution in [2.24, 2.45) is 0 Å². The smallest absolute Gasteiger partial charge is 0.294 e. The molecule has 3 aromatic rings. The topological polar surface area (TPSA) is 67.8 Å². The molecular formula is C19H6F13N3O2. The summed E-state index contributed by atoms with van der Waals surface area (Å²) < 4.78 is 173. The summed E-state index contributed by atoms with van der Waals surface area (Å²) in [5.74, 6) is -12.4. The fourth-order valence-corrected chi connectivity index (χ4v) is 3.17. The third kappa shape index (κ3) is 4.78. The normalized spacial score (nSPS) is 12.8. The monoisotopic (exact) mass is 555 g/mol. The molecule has 0 spiro atoms. The number of rotatable bonds is 3. The van der Waals surface area contributed by atoms with Crippen molar-refractivity contribution in [3.8, 4) is 5.69 Å². The molecule has 0 bridgehead atoms. The molecule has 0 unspecified atom stereocenters. The van der Waals surface area contributed by atoms with E-state index >= 15 is 0 Å². The van der Waals surface area contributed by atoms with Crippen LogP contribution < -0.4 is 5.56 Å². The van der Waals surface area contributed by atoms with Gasteiger partial charge in [0.2, 0.25) is 11.6 Å². The van der Waals surface area contributed by atoms with Crippen molar-refractivity contribution in [2.45, 2.75) is 25.5 Å². The van der Waals surface area contributed by atoms with E-state index in [2.05, 4.69) is 4.98 Å². The van der Waals surface area contributed by atoms with Crippen LogP contribution in [0.4, 0.5) is 57.1 Å². The van der Waals surface area contributed by atoms with Crippen LogP contribution in [0.15, 0.2) is 16.9 Å². The van der Waals surface area contributed by atoms with Crippen molar-refractivity contribution >= 4 is 5.78 Å². The molecule has 0 amide bonds. The zero-order valence-electron chi connectivity index (χ0n) is 17.3. The maximum absolute atomic E-state index is 14.4. The summed E-state index contributed by atoms with van der Waals surface area (Å²) in [6, 6.07) is -0.754. The molecule has 37 heavy (non-hydrogen) atoms. The highest BCUT2D eigenvalue weighted by Crippen LogP contribution is 2.40. The Morgan fingerprint density at radius 3 is 1.73 bits per heavy atom. The highest BCUT2D eigenvalue weighted by atomic mass is 19.4. The number of carbonyl (C=O) groups excluding carboxylic acids is 1. The summed E-state index contributed by atoms with van der Waals surface area (Å²) in [4.78, 5) is 27.4. The first-order valence-electron chi connectivity index (χ1n) is 9.14. The lowest BCUT2D eigenvalue weighted by Crippen LogP contribution is -2.26. The maximum Gasteiger partial charge on any atom is 0.436 e. The van der Waals surface area contributed by atoms with Gasteiger partial charge in [-0.05, 0) is 19.1 Å². The van der Waals surface area contributed by atoms with Crippen molar-refractivity contribution < 1.29 is 61.9 Å². The van der Waals surface area contributed by atoms with Crippen molar-refractivity contribution in [3.05, 3.63) is 79.5 Å². The first-order chi connectivity index (χ1) is 16.7. The van der Waals surface area contributed by atoms with Gasteiger partial charge in [-0.3, -0.25) is 14.7 Å². The average Bonchev–Trinajstić information content (AvgIpc) is 3.01. The van der Waals surface area contributed by atoms with Crippen LogP contribution in [-0.2, 0) is 18.5 Å². The van der Waals surface area contributed by atoms with Gasteiger partial charge in [-0.1, -0.05) is 0 Å². The number of hydrogen-bond donors (Lipinski definition) is 1. The third-order valence-corrected chi connectivity index (χ3v) is 4.75. The molecule has 200 valence electrons. The number of ketones is 1. The molecule has 18 heteroatoms. The average molecular weight is 555 g/mol. The SMILES string of the molecule is Cc1[nH]n(-c2c(F)c(F)nc(C(F)(F)F)c2F)c(=O)c1C(=O)c1cc(C(F)(F)F)c(F)c(C(F)(F)F)c1. The highest BCUT2D eigenvalue weighted by molar-refractivity contribution is 6.09. The lowest BCUT2D eigenvalue weighted by atomic mass is 9.97. The van der Waals surface area contributed by atoms with E-state index in [1.165, 1.54) is 0 Å². The fourth-order valence-electron chi connectivity index (χ4n) is 3.17. The number of pyridine rings is 1. The molecule has 0 fully saturated rings. The summed E-state index contributed by atoms with van der Waals surface area (Å²) in [5.41, 5.74) is -15.6. The van der Waals surface area contributed by atoms with E-state index in [-0.39, 0.29) is 12.1 Å². The van der Waals surface area contributed by atoms with Gasteiger partial charge in [0.05, 0.1) is 11.1 Å². The van der Waals surface area contributed by atoms with Crippen molar-refractivity contribution in [1.29, 1.82) is 0 Å². The van der Waals surface area contributed by atoms with Crippen LogP contribution in [-0.4, -0.2) is 20.5 Å². The van der Waals surface area contributed by atoms with E-state index < -0.39 is 97.3 Å². The minimum Gasteiger partial charge on any atom is -0.294 e. The van der Waals surface area contributed by atoms with Crippen LogP contribution >= 0.6 is 0 Å². The van der Waals surface area contributed by atoms with Gasteiger partial charge in [-0.15, -0.1) is 0 Å². The minimum atomic E-state index is -5.76. The first-order valence-corrected chi connectivity index (χ1v) is 9.14. The molecule has 1 aromatic carbocycles. The Labute approximate surface area is 194 Å². The van der Waals surface area contributed by atoms with Crippen LogP contribution in [0.25, 0.3) is 5.69 Å². The molecule has 0 atom stereocenters. The Hall–Kier alpha value is -3.86. The zero-order valence-corrected chi connectivity index (χ0v) is 17.3. The van der Waals surface area contributed by atoms with Crippen molar-refractivity contribution in [2.75, 3.05) is 0 Å². The Balaban J connectivity index is 2.31. The van der Waals surface area contributed by atoms with Gasteiger partial charge in [-0.25, -0.2) is 18.4 Å². The Morgan fingerprint density at radius 2 is 1.30 bits per heavy atom. The second kappa shape index (κ2) is 8.62. The van der Waals surface area contributed by atoms with Crippen LogP contribution in [0, 0.1) is 30.3 Å². The summed E-state index contributed by atoms with van der Waals surface area (Å²) in [6.45, 7) is 0.724. The number of alkyl halides is 9. The van der Waals surface area contributed by atoms with E-state index in [9.17, 15) is 66.7 Å². The van der Waals surface area contributed by atoms with E-state index in [1.807, 2.05) is 0 Å². The van der Waals surface area contributed by atoms with E-state index in [0.29, 0.717) is 0 Å².